The summed E-state index contributed by atoms with van der Waals surface area (Å²) in [5, 5.41) is 6.35. The van der Waals surface area contributed by atoms with Crippen molar-refractivity contribution in [1.82, 2.24) is 10.6 Å². The Morgan fingerprint density at radius 2 is 2.24 bits per heavy atom. The Labute approximate surface area is 104 Å². The fraction of sp³-hybridized carbons (Fsp3) is 0.923. The molecule has 0 aromatic rings. The molecule has 1 saturated heterocycles. The van der Waals surface area contributed by atoms with Crippen LogP contribution in [0.1, 0.15) is 46.5 Å². The van der Waals surface area contributed by atoms with Crippen LogP contribution in [-0.4, -0.2) is 37.2 Å². The monoisotopic (exact) mass is 242 g/mol. The Morgan fingerprint density at radius 3 is 2.88 bits per heavy atom. The fourth-order valence-corrected chi connectivity index (χ4v) is 2.32. The van der Waals surface area contributed by atoms with Gasteiger partial charge in [-0.3, -0.25) is 4.79 Å². The van der Waals surface area contributed by atoms with Crippen molar-refractivity contribution in [3.63, 3.8) is 0 Å². The van der Waals surface area contributed by atoms with Crippen molar-refractivity contribution < 1.29 is 9.53 Å². The Morgan fingerprint density at radius 1 is 1.53 bits per heavy atom. The number of carbonyl (C=O) groups is 1. The van der Waals surface area contributed by atoms with Crippen molar-refractivity contribution in [2.45, 2.75) is 64.1 Å². The quantitative estimate of drug-likeness (QED) is 0.767. The summed E-state index contributed by atoms with van der Waals surface area (Å²) >= 11 is 0. The maximum Gasteiger partial charge on any atom is 0.237 e. The second-order valence-electron chi connectivity index (χ2n) is 5.58. The lowest BCUT2D eigenvalue weighted by molar-refractivity contribution is -0.123. The first-order valence-corrected chi connectivity index (χ1v) is 6.53. The van der Waals surface area contributed by atoms with E-state index in [4.69, 9.17) is 4.74 Å². The summed E-state index contributed by atoms with van der Waals surface area (Å²) in [6.07, 6.45) is 4.02. The fourth-order valence-electron chi connectivity index (χ4n) is 2.32. The van der Waals surface area contributed by atoms with Gasteiger partial charge in [0.05, 0.1) is 11.6 Å². The predicted octanol–water partition coefficient (Wildman–Crippen LogP) is 1.45. The molecule has 0 aromatic carbocycles. The molecule has 2 unspecified atom stereocenters. The molecular weight excluding hydrogens is 216 g/mol. The summed E-state index contributed by atoms with van der Waals surface area (Å²) in [7, 11) is 1.73. The van der Waals surface area contributed by atoms with Crippen molar-refractivity contribution in [3.8, 4) is 0 Å². The van der Waals surface area contributed by atoms with Crippen LogP contribution in [0.2, 0.25) is 0 Å². The normalized spacial score (nSPS) is 24.0. The van der Waals surface area contributed by atoms with Gasteiger partial charge in [-0.2, -0.15) is 0 Å². The molecule has 1 aliphatic rings. The zero-order valence-corrected chi connectivity index (χ0v) is 11.5. The van der Waals surface area contributed by atoms with E-state index in [9.17, 15) is 4.79 Å². The number of rotatable bonds is 5. The molecule has 1 heterocycles. The van der Waals surface area contributed by atoms with Crippen LogP contribution in [0.25, 0.3) is 0 Å². The first kappa shape index (κ1) is 14.5. The molecular formula is C13H26N2O2. The molecule has 0 bridgehead atoms. The van der Waals surface area contributed by atoms with Crippen molar-refractivity contribution in [2.24, 2.45) is 0 Å². The molecule has 1 rings (SSSR count). The second-order valence-corrected chi connectivity index (χ2v) is 5.58. The maximum atomic E-state index is 11.8. The minimum absolute atomic E-state index is 0.0415. The number of hydrogen-bond donors (Lipinski definition) is 2. The summed E-state index contributed by atoms with van der Waals surface area (Å²) in [6.45, 7) is 7.06. The molecule has 4 heteroatoms. The Bertz CT molecular complexity index is 254. The third-order valence-electron chi connectivity index (χ3n) is 3.37. The van der Waals surface area contributed by atoms with Gasteiger partial charge in [0.25, 0.3) is 0 Å². The van der Waals surface area contributed by atoms with Gasteiger partial charge in [0, 0.05) is 19.7 Å². The predicted molar refractivity (Wildman–Crippen MR) is 69.0 cm³/mol. The van der Waals surface area contributed by atoms with Gasteiger partial charge in [-0.25, -0.2) is 0 Å². The maximum absolute atomic E-state index is 11.8. The lowest BCUT2D eigenvalue weighted by atomic mass is 9.98. The third kappa shape index (κ3) is 5.04. The van der Waals surface area contributed by atoms with E-state index in [0.29, 0.717) is 0 Å². The van der Waals surface area contributed by atoms with Gasteiger partial charge in [0.15, 0.2) is 0 Å². The summed E-state index contributed by atoms with van der Waals surface area (Å²) in [5.41, 5.74) is -0.145. The van der Waals surface area contributed by atoms with Gasteiger partial charge in [-0.05, 0) is 46.5 Å². The minimum Gasteiger partial charge on any atom is -0.379 e. The highest BCUT2D eigenvalue weighted by Crippen LogP contribution is 2.16. The van der Waals surface area contributed by atoms with E-state index in [1.165, 1.54) is 0 Å². The molecule has 0 saturated carbocycles. The second kappa shape index (κ2) is 6.36. The lowest BCUT2D eigenvalue weighted by Crippen LogP contribution is -2.48. The average Bonchev–Trinajstić information content (AvgIpc) is 2.44. The molecule has 1 amide bonds. The molecule has 0 aromatic heterocycles. The van der Waals surface area contributed by atoms with Gasteiger partial charge in [-0.15, -0.1) is 0 Å². The molecule has 17 heavy (non-hydrogen) atoms. The largest absolute Gasteiger partial charge is 0.379 e. The first-order valence-electron chi connectivity index (χ1n) is 6.53. The van der Waals surface area contributed by atoms with Crippen molar-refractivity contribution >= 4 is 5.91 Å². The number of carbonyl (C=O) groups excluding carboxylic acids is 1. The number of methoxy groups -OCH3 is 1. The number of ether oxygens (including phenoxy) is 1. The van der Waals surface area contributed by atoms with Gasteiger partial charge >= 0.3 is 0 Å². The molecule has 100 valence electrons. The molecule has 0 radical (unpaired) electrons. The van der Waals surface area contributed by atoms with Crippen LogP contribution in [0.3, 0.4) is 0 Å². The first-order chi connectivity index (χ1) is 7.94. The van der Waals surface area contributed by atoms with E-state index in [1.54, 1.807) is 7.11 Å². The highest BCUT2D eigenvalue weighted by Gasteiger charge is 2.25. The minimum atomic E-state index is -0.145. The van der Waals surface area contributed by atoms with Gasteiger partial charge in [0.2, 0.25) is 5.91 Å². The SMILES string of the molecule is COC(C)(C)CC(C)NC1CCCCNC1=O. The molecule has 0 spiro atoms. The number of hydrogen-bond acceptors (Lipinski definition) is 3. The summed E-state index contributed by atoms with van der Waals surface area (Å²) in [6, 6.07) is 0.235. The van der Waals surface area contributed by atoms with Gasteiger partial charge in [-0.1, -0.05) is 0 Å². The van der Waals surface area contributed by atoms with Crippen LogP contribution >= 0.6 is 0 Å². The highest BCUT2D eigenvalue weighted by molar-refractivity contribution is 5.81. The third-order valence-corrected chi connectivity index (χ3v) is 3.37. The van der Waals surface area contributed by atoms with E-state index >= 15 is 0 Å². The van der Waals surface area contributed by atoms with Crippen LogP contribution in [-0.2, 0) is 9.53 Å². The molecule has 4 nitrogen and oxygen atoms in total. The molecule has 1 aliphatic heterocycles. The average molecular weight is 242 g/mol. The lowest BCUT2D eigenvalue weighted by Gasteiger charge is -2.29. The molecule has 2 atom stereocenters. The van der Waals surface area contributed by atoms with Crippen molar-refractivity contribution in [3.05, 3.63) is 0 Å². The highest BCUT2D eigenvalue weighted by atomic mass is 16.5. The van der Waals surface area contributed by atoms with Crippen LogP contribution in [0.5, 0.6) is 0 Å². The van der Waals surface area contributed by atoms with E-state index in [1.807, 2.05) is 0 Å². The smallest absolute Gasteiger partial charge is 0.237 e. The van der Waals surface area contributed by atoms with Crippen LogP contribution in [0.4, 0.5) is 0 Å². The Kier molecular flexibility index (Phi) is 5.40. The van der Waals surface area contributed by atoms with Crippen LogP contribution in [0.15, 0.2) is 0 Å². The zero-order chi connectivity index (χ0) is 12.9. The molecule has 0 aliphatic carbocycles. The van der Waals surface area contributed by atoms with E-state index in [2.05, 4.69) is 31.4 Å². The van der Waals surface area contributed by atoms with Gasteiger partial charge < -0.3 is 15.4 Å². The van der Waals surface area contributed by atoms with Crippen molar-refractivity contribution in [1.29, 1.82) is 0 Å². The van der Waals surface area contributed by atoms with Gasteiger partial charge in [0.1, 0.15) is 0 Å². The summed E-state index contributed by atoms with van der Waals surface area (Å²) in [5.74, 6) is 0.143. The standard InChI is InChI=1S/C13H26N2O2/c1-10(9-13(2,3)17-4)15-11-7-5-6-8-14-12(11)16/h10-11,15H,5-9H2,1-4H3,(H,14,16). The Hall–Kier alpha value is -0.610. The Balaban J connectivity index is 2.43. The van der Waals surface area contributed by atoms with Crippen molar-refractivity contribution in [2.75, 3.05) is 13.7 Å². The van der Waals surface area contributed by atoms with Crippen LogP contribution < -0.4 is 10.6 Å². The van der Waals surface area contributed by atoms with E-state index in [-0.39, 0.29) is 23.6 Å². The molecule has 2 N–H and O–H groups in total. The zero-order valence-electron chi connectivity index (χ0n) is 11.5. The van der Waals surface area contributed by atoms with Crippen LogP contribution in [0, 0.1) is 0 Å². The topological polar surface area (TPSA) is 50.4 Å². The molecule has 1 fully saturated rings. The number of amides is 1. The summed E-state index contributed by atoms with van der Waals surface area (Å²) in [4.78, 5) is 11.8. The van der Waals surface area contributed by atoms with E-state index < -0.39 is 0 Å². The number of nitrogens with one attached hydrogen (secondary N) is 2. The van der Waals surface area contributed by atoms with E-state index in [0.717, 1.165) is 32.2 Å². The summed E-state index contributed by atoms with van der Waals surface area (Å²) < 4.78 is 5.41.